The van der Waals surface area contributed by atoms with Crippen molar-refractivity contribution in [1.29, 1.82) is 0 Å². The number of hydrogen-bond acceptors (Lipinski definition) is 4. The summed E-state index contributed by atoms with van der Waals surface area (Å²) in [5.41, 5.74) is 0. The van der Waals surface area contributed by atoms with E-state index in [-0.39, 0.29) is 12.3 Å². The highest BCUT2D eigenvalue weighted by Gasteiger charge is 2.14. The highest BCUT2D eigenvalue weighted by atomic mass is 32.2. The molecule has 0 aliphatic rings. The molecule has 0 aromatic rings. The summed E-state index contributed by atoms with van der Waals surface area (Å²) in [5.74, 6) is -1.19. The van der Waals surface area contributed by atoms with E-state index in [9.17, 15) is 18.0 Å². The van der Waals surface area contributed by atoms with Crippen LogP contribution >= 0.6 is 0 Å². The molecule has 88 valence electrons. The van der Waals surface area contributed by atoms with Gasteiger partial charge in [-0.2, -0.15) is 13.1 Å². The van der Waals surface area contributed by atoms with Crippen molar-refractivity contribution >= 4 is 21.9 Å². The van der Waals surface area contributed by atoms with E-state index in [1.807, 2.05) is 6.92 Å². The number of rotatable bonds is 7. The number of nitrogens with one attached hydrogen (secondary N) is 2. The largest absolute Gasteiger partial charge is 0.301 e. The number of ketones is 1. The summed E-state index contributed by atoms with van der Waals surface area (Å²) in [7, 11) is -3.80. The fourth-order valence-corrected chi connectivity index (χ4v) is 1.69. The van der Waals surface area contributed by atoms with Crippen LogP contribution in [0, 0.1) is 0 Å². The monoisotopic (exact) mass is 236 g/mol. The van der Waals surface area contributed by atoms with Gasteiger partial charge in [-0.05, 0) is 13.3 Å². The number of amides is 1. The Morgan fingerprint density at radius 3 is 2.33 bits per heavy atom. The van der Waals surface area contributed by atoms with Crippen LogP contribution in [0.25, 0.3) is 0 Å². The molecule has 0 aromatic heterocycles. The lowest BCUT2D eigenvalue weighted by molar-refractivity contribution is -0.126. The minimum Gasteiger partial charge on any atom is -0.299 e. The summed E-state index contributed by atoms with van der Waals surface area (Å²) in [4.78, 5) is 21.5. The van der Waals surface area contributed by atoms with Gasteiger partial charge in [0.05, 0.1) is 6.42 Å². The summed E-state index contributed by atoms with van der Waals surface area (Å²) >= 11 is 0. The third-order valence-corrected chi connectivity index (χ3v) is 2.56. The van der Waals surface area contributed by atoms with Gasteiger partial charge in [-0.1, -0.05) is 13.3 Å². The quantitative estimate of drug-likeness (QED) is 0.469. The molecule has 0 rings (SSSR count). The fourth-order valence-electron chi connectivity index (χ4n) is 0.831. The van der Waals surface area contributed by atoms with Gasteiger partial charge < -0.3 is 0 Å². The summed E-state index contributed by atoms with van der Waals surface area (Å²) in [6, 6.07) is 0. The molecule has 15 heavy (non-hydrogen) atoms. The molecule has 7 heteroatoms. The van der Waals surface area contributed by atoms with Gasteiger partial charge in [-0.25, -0.2) is 4.72 Å². The predicted molar refractivity (Wildman–Crippen MR) is 55.3 cm³/mol. The summed E-state index contributed by atoms with van der Waals surface area (Å²) in [6.45, 7) is 3.42. The lowest BCUT2D eigenvalue weighted by Crippen LogP contribution is -2.41. The summed E-state index contributed by atoms with van der Waals surface area (Å²) in [6.07, 6.45) is 1.13. The first-order valence-electron chi connectivity index (χ1n) is 4.67. The van der Waals surface area contributed by atoms with Gasteiger partial charge in [-0.15, -0.1) is 0 Å². The zero-order valence-corrected chi connectivity index (χ0v) is 9.69. The van der Waals surface area contributed by atoms with Crippen molar-refractivity contribution in [3.63, 3.8) is 0 Å². The Balaban J connectivity index is 4.03. The summed E-state index contributed by atoms with van der Waals surface area (Å²) < 4.78 is 26.2. The second-order valence-electron chi connectivity index (χ2n) is 3.16. The Hall–Kier alpha value is -0.950. The molecule has 0 saturated carbocycles. The van der Waals surface area contributed by atoms with Crippen LogP contribution in [0.2, 0.25) is 0 Å². The third-order valence-electron chi connectivity index (χ3n) is 1.48. The molecule has 0 saturated heterocycles. The molecular formula is C8H16N2O4S. The molecule has 0 spiro atoms. The number of hydrogen-bond donors (Lipinski definition) is 2. The first-order chi connectivity index (χ1) is 6.87. The molecule has 2 N–H and O–H groups in total. The van der Waals surface area contributed by atoms with Gasteiger partial charge in [0.1, 0.15) is 5.78 Å². The predicted octanol–water partition coefficient (Wildman–Crippen LogP) is -0.284. The Kier molecular flexibility index (Phi) is 6.11. The molecule has 1 amide bonds. The molecule has 6 nitrogen and oxygen atoms in total. The SMILES string of the molecule is CCCCNS(=O)(=O)NC(=O)CC(C)=O. The molecular weight excluding hydrogens is 220 g/mol. The van der Waals surface area contributed by atoms with Crippen molar-refractivity contribution in [3.8, 4) is 0 Å². The van der Waals surface area contributed by atoms with E-state index in [1.165, 1.54) is 6.92 Å². The number of carbonyl (C=O) groups excluding carboxylic acids is 2. The molecule has 0 atom stereocenters. The van der Waals surface area contributed by atoms with Gasteiger partial charge in [-0.3, -0.25) is 9.59 Å². The Bertz CT molecular complexity index is 324. The van der Waals surface area contributed by atoms with Crippen molar-refractivity contribution < 1.29 is 18.0 Å². The topological polar surface area (TPSA) is 92.3 Å². The molecule has 0 fully saturated rings. The third kappa shape index (κ3) is 8.07. The minimum absolute atomic E-state index is 0.277. The van der Waals surface area contributed by atoms with E-state index in [0.29, 0.717) is 6.42 Å². The van der Waals surface area contributed by atoms with E-state index in [4.69, 9.17) is 0 Å². The lowest BCUT2D eigenvalue weighted by Gasteiger charge is -2.06. The van der Waals surface area contributed by atoms with Crippen LogP contribution in [0.4, 0.5) is 0 Å². The van der Waals surface area contributed by atoms with Crippen LogP contribution in [-0.2, 0) is 19.8 Å². The number of carbonyl (C=O) groups is 2. The molecule has 0 radical (unpaired) electrons. The Morgan fingerprint density at radius 1 is 1.27 bits per heavy atom. The van der Waals surface area contributed by atoms with Crippen LogP contribution in [0.5, 0.6) is 0 Å². The zero-order valence-electron chi connectivity index (χ0n) is 8.87. The van der Waals surface area contributed by atoms with Crippen molar-refractivity contribution in [3.05, 3.63) is 0 Å². The van der Waals surface area contributed by atoms with Crippen LogP contribution < -0.4 is 9.44 Å². The standard InChI is InChI=1S/C8H16N2O4S/c1-3-4-5-9-15(13,14)10-8(12)6-7(2)11/h9H,3-6H2,1-2H3,(H,10,12). The van der Waals surface area contributed by atoms with Crippen LogP contribution in [-0.4, -0.2) is 26.7 Å². The van der Waals surface area contributed by atoms with Gasteiger partial charge in [0.2, 0.25) is 5.91 Å². The second-order valence-corrected chi connectivity index (χ2v) is 4.66. The lowest BCUT2D eigenvalue weighted by atomic mass is 10.3. The maximum Gasteiger partial charge on any atom is 0.301 e. The molecule has 0 bridgehead atoms. The van der Waals surface area contributed by atoms with E-state index < -0.39 is 22.5 Å². The van der Waals surface area contributed by atoms with E-state index in [1.54, 1.807) is 4.72 Å². The number of Topliss-reactive ketones (excluding diaryl/α,β-unsaturated/α-hetero) is 1. The van der Waals surface area contributed by atoms with Gasteiger partial charge in [0.25, 0.3) is 0 Å². The Morgan fingerprint density at radius 2 is 1.87 bits per heavy atom. The average Bonchev–Trinajstić information content (AvgIpc) is 2.00. The first kappa shape index (κ1) is 14.1. The second kappa shape index (κ2) is 6.52. The molecule has 0 aliphatic carbocycles. The van der Waals surface area contributed by atoms with Gasteiger partial charge >= 0.3 is 10.2 Å². The average molecular weight is 236 g/mol. The Labute approximate surface area is 89.6 Å². The van der Waals surface area contributed by atoms with Crippen LogP contribution in [0.1, 0.15) is 33.1 Å². The van der Waals surface area contributed by atoms with Crippen LogP contribution in [0.3, 0.4) is 0 Å². The van der Waals surface area contributed by atoms with Crippen molar-refractivity contribution in [2.75, 3.05) is 6.54 Å². The van der Waals surface area contributed by atoms with Crippen molar-refractivity contribution in [2.45, 2.75) is 33.1 Å². The van der Waals surface area contributed by atoms with Crippen LogP contribution in [0.15, 0.2) is 0 Å². The maximum atomic E-state index is 11.1. The van der Waals surface area contributed by atoms with E-state index >= 15 is 0 Å². The first-order valence-corrected chi connectivity index (χ1v) is 6.15. The molecule has 0 aliphatic heterocycles. The smallest absolute Gasteiger partial charge is 0.299 e. The maximum absolute atomic E-state index is 11.1. The number of unbranched alkanes of at least 4 members (excludes halogenated alkanes) is 1. The van der Waals surface area contributed by atoms with Crippen molar-refractivity contribution in [1.82, 2.24) is 9.44 Å². The van der Waals surface area contributed by atoms with Crippen molar-refractivity contribution in [2.24, 2.45) is 0 Å². The van der Waals surface area contributed by atoms with E-state index in [2.05, 4.69) is 4.72 Å². The highest BCUT2D eigenvalue weighted by Crippen LogP contribution is 1.87. The normalized spacial score (nSPS) is 11.1. The van der Waals surface area contributed by atoms with Gasteiger partial charge in [0, 0.05) is 6.54 Å². The molecule has 0 aromatic carbocycles. The van der Waals surface area contributed by atoms with E-state index in [0.717, 1.165) is 6.42 Å². The molecule has 0 unspecified atom stereocenters. The minimum atomic E-state index is -3.80. The fraction of sp³-hybridized carbons (Fsp3) is 0.750. The highest BCUT2D eigenvalue weighted by molar-refractivity contribution is 7.88. The molecule has 0 heterocycles. The summed E-state index contributed by atoms with van der Waals surface area (Å²) in [5, 5.41) is 0. The zero-order chi connectivity index (χ0) is 11.9. The van der Waals surface area contributed by atoms with Gasteiger partial charge in [0.15, 0.2) is 0 Å².